The van der Waals surface area contributed by atoms with Gasteiger partial charge in [0.25, 0.3) is 5.91 Å². The number of carbonyl (C=O) groups excluding carboxylic acids is 1. The molecule has 0 fully saturated rings. The molecule has 0 atom stereocenters. The van der Waals surface area contributed by atoms with Crippen molar-refractivity contribution < 1.29 is 4.79 Å². The Morgan fingerprint density at radius 1 is 1.06 bits per heavy atom. The van der Waals surface area contributed by atoms with Crippen LogP contribution in [0, 0.1) is 5.41 Å². The molecule has 3 nitrogen and oxygen atoms in total. The molecule has 1 aliphatic heterocycles. The number of amidine groups is 1. The van der Waals surface area contributed by atoms with Crippen molar-refractivity contribution in [1.29, 1.82) is 5.41 Å². The predicted octanol–water partition coefficient (Wildman–Crippen LogP) is 3.64. The third-order valence-corrected chi connectivity index (χ3v) is 4.05. The zero-order valence-electron chi connectivity index (χ0n) is 9.87. The number of nitrogens with one attached hydrogen (secondary N) is 1. The maximum atomic E-state index is 12.4. The van der Waals surface area contributed by atoms with Crippen LogP contribution in [0.3, 0.4) is 0 Å². The number of carbonyl (C=O) groups is 1. The van der Waals surface area contributed by atoms with Gasteiger partial charge in [-0.05, 0) is 49.9 Å². The Morgan fingerprint density at radius 3 is 2.28 bits per heavy atom. The molecule has 1 aromatic carbocycles. The molecule has 2 aliphatic rings. The fourth-order valence-corrected chi connectivity index (χ4v) is 2.87. The van der Waals surface area contributed by atoms with E-state index in [9.17, 15) is 4.79 Å². The number of rotatable bonds is 1. The van der Waals surface area contributed by atoms with Crippen LogP contribution in [0.15, 0.2) is 39.9 Å². The van der Waals surface area contributed by atoms with Gasteiger partial charge in [-0.25, -0.2) is 0 Å². The maximum absolute atomic E-state index is 12.4. The summed E-state index contributed by atoms with van der Waals surface area (Å²) >= 11 is 3.38. The van der Waals surface area contributed by atoms with Crippen LogP contribution in [-0.4, -0.2) is 11.7 Å². The zero-order valence-corrected chi connectivity index (χ0v) is 11.5. The van der Waals surface area contributed by atoms with Gasteiger partial charge in [-0.2, -0.15) is 0 Å². The quantitative estimate of drug-likeness (QED) is 0.845. The van der Waals surface area contributed by atoms with Gasteiger partial charge >= 0.3 is 0 Å². The van der Waals surface area contributed by atoms with Crippen LogP contribution in [0.4, 0.5) is 5.69 Å². The van der Waals surface area contributed by atoms with Crippen LogP contribution >= 0.6 is 15.9 Å². The van der Waals surface area contributed by atoms with Gasteiger partial charge in [-0.15, -0.1) is 0 Å². The summed E-state index contributed by atoms with van der Waals surface area (Å²) in [6.45, 7) is 0. The summed E-state index contributed by atoms with van der Waals surface area (Å²) in [5.74, 6) is 0.369. The molecule has 0 unspecified atom stereocenters. The summed E-state index contributed by atoms with van der Waals surface area (Å²) in [4.78, 5) is 13.9. The van der Waals surface area contributed by atoms with Crippen molar-refractivity contribution in [2.75, 3.05) is 4.90 Å². The Bertz CT molecular complexity index is 532. The van der Waals surface area contributed by atoms with E-state index in [0.29, 0.717) is 5.84 Å². The molecule has 18 heavy (non-hydrogen) atoms. The lowest BCUT2D eigenvalue weighted by atomic mass is 9.93. The molecule has 1 aliphatic carbocycles. The molecule has 1 aromatic rings. The van der Waals surface area contributed by atoms with E-state index in [1.54, 1.807) is 0 Å². The molecule has 4 heteroatoms. The highest BCUT2D eigenvalue weighted by molar-refractivity contribution is 9.10. The van der Waals surface area contributed by atoms with Crippen molar-refractivity contribution in [3.63, 3.8) is 0 Å². The lowest BCUT2D eigenvalue weighted by Gasteiger charge is -2.17. The lowest BCUT2D eigenvalue weighted by molar-refractivity contribution is -0.114. The highest BCUT2D eigenvalue weighted by Crippen LogP contribution is 2.35. The second kappa shape index (κ2) is 4.35. The SMILES string of the molecule is N=C1C2=C(CCCC2)C(=O)N1c1ccc(Br)cc1. The first-order valence-electron chi connectivity index (χ1n) is 6.09. The molecule has 92 valence electrons. The fraction of sp³-hybridized carbons (Fsp3) is 0.286. The van der Waals surface area contributed by atoms with Gasteiger partial charge in [0.15, 0.2) is 0 Å². The average molecular weight is 305 g/mol. The van der Waals surface area contributed by atoms with E-state index in [2.05, 4.69) is 15.9 Å². The molecule has 0 saturated heterocycles. The van der Waals surface area contributed by atoms with Gasteiger partial charge in [0.1, 0.15) is 5.84 Å². The van der Waals surface area contributed by atoms with E-state index in [-0.39, 0.29) is 5.91 Å². The van der Waals surface area contributed by atoms with Gasteiger partial charge in [0.2, 0.25) is 0 Å². The molecular formula is C14H13BrN2O. The van der Waals surface area contributed by atoms with Crippen LogP contribution < -0.4 is 4.90 Å². The van der Waals surface area contributed by atoms with E-state index in [1.165, 1.54) is 4.90 Å². The summed E-state index contributed by atoms with van der Waals surface area (Å²) in [5, 5.41) is 8.19. The average Bonchev–Trinajstić information content (AvgIpc) is 2.64. The van der Waals surface area contributed by atoms with Crippen LogP contribution in [0.25, 0.3) is 0 Å². The van der Waals surface area contributed by atoms with Gasteiger partial charge < -0.3 is 0 Å². The lowest BCUT2D eigenvalue weighted by Crippen LogP contribution is -2.30. The van der Waals surface area contributed by atoms with Crippen LogP contribution in [0.1, 0.15) is 25.7 Å². The number of benzene rings is 1. The summed E-state index contributed by atoms with van der Waals surface area (Å²) in [7, 11) is 0. The van der Waals surface area contributed by atoms with Gasteiger partial charge in [-0.3, -0.25) is 15.1 Å². The molecule has 1 amide bonds. The summed E-state index contributed by atoms with van der Waals surface area (Å²) in [6, 6.07) is 7.53. The Hall–Kier alpha value is -1.42. The largest absolute Gasteiger partial charge is 0.284 e. The minimum atomic E-state index is -0.00276. The third kappa shape index (κ3) is 1.72. The van der Waals surface area contributed by atoms with E-state index >= 15 is 0 Å². The minimum Gasteiger partial charge on any atom is -0.284 e. The molecule has 0 aromatic heterocycles. The summed E-state index contributed by atoms with van der Waals surface area (Å²) in [6.07, 6.45) is 3.84. The highest BCUT2D eigenvalue weighted by atomic mass is 79.9. The van der Waals surface area contributed by atoms with Crippen LogP contribution in [0.5, 0.6) is 0 Å². The highest BCUT2D eigenvalue weighted by Gasteiger charge is 2.36. The predicted molar refractivity (Wildman–Crippen MR) is 74.8 cm³/mol. The van der Waals surface area contributed by atoms with Crippen molar-refractivity contribution in [2.24, 2.45) is 0 Å². The molecule has 1 N–H and O–H groups in total. The Balaban J connectivity index is 1.99. The van der Waals surface area contributed by atoms with E-state index < -0.39 is 0 Å². The molecular weight excluding hydrogens is 292 g/mol. The zero-order chi connectivity index (χ0) is 12.7. The summed E-state index contributed by atoms with van der Waals surface area (Å²) in [5.41, 5.74) is 2.59. The van der Waals surface area contributed by atoms with E-state index in [1.807, 2.05) is 24.3 Å². The molecule has 0 saturated carbocycles. The normalized spacial score (nSPS) is 19.5. The number of nitrogens with zero attached hydrogens (tertiary/aromatic N) is 1. The Morgan fingerprint density at radius 2 is 1.67 bits per heavy atom. The summed E-state index contributed by atoms with van der Waals surface area (Å²) < 4.78 is 0.974. The Labute approximate surface area is 114 Å². The first-order valence-corrected chi connectivity index (χ1v) is 6.89. The topological polar surface area (TPSA) is 44.2 Å². The molecule has 0 radical (unpaired) electrons. The smallest absolute Gasteiger partial charge is 0.260 e. The first kappa shape index (κ1) is 11.7. The van der Waals surface area contributed by atoms with Crippen molar-refractivity contribution in [3.8, 4) is 0 Å². The van der Waals surface area contributed by atoms with Crippen molar-refractivity contribution >= 4 is 33.4 Å². The number of anilines is 1. The number of halogens is 1. The molecule has 0 spiro atoms. The number of hydrogen-bond donors (Lipinski definition) is 1. The number of hydrogen-bond acceptors (Lipinski definition) is 2. The number of amides is 1. The molecule has 3 rings (SSSR count). The van der Waals surface area contributed by atoms with Gasteiger partial charge in [-0.1, -0.05) is 15.9 Å². The molecule has 1 heterocycles. The van der Waals surface area contributed by atoms with Crippen molar-refractivity contribution in [3.05, 3.63) is 39.9 Å². The van der Waals surface area contributed by atoms with E-state index in [0.717, 1.165) is 47.0 Å². The minimum absolute atomic E-state index is 0.00276. The Kier molecular flexibility index (Phi) is 2.82. The first-order chi connectivity index (χ1) is 8.68. The van der Waals surface area contributed by atoms with Gasteiger partial charge in [0.05, 0.1) is 5.69 Å². The van der Waals surface area contributed by atoms with Crippen molar-refractivity contribution in [1.82, 2.24) is 0 Å². The van der Waals surface area contributed by atoms with Crippen molar-refractivity contribution in [2.45, 2.75) is 25.7 Å². The fourth-order valence-electron chi connectivity index (χ4n) is 2.61. The third-order valence-electron chi connectivity index (χ3n) is 3.52. The maximum Gasteiger partial charge on any atom is 0.260 e. The molecule has 0 bridgehead atoms. The van der Waals surface area contributed by atoms with Crippen LogP contribution in [-0.2, 0) is 4.79 Å². The second-order valence-corrected chi connectivity index (χ2v) is 5.55. The van der Waals surface area contributed by atoms with Crippen LogP contribution in [0.2, 0.25) is 0 Å². The monoisotopic (exact) mass is 304 g/mol. The standard InChI is InChI=1S/C14H13BrN2O/c15-9-5-7-10(8-6-9)17-13(16)11-3-1-2-4-12(11)14(17)18/h5-8,16H,1-4H2. The van der Waals surface area contributed by atoms with Gasteiger partial charge in [0, 0.05) is 15.6 Å². The second-order valence-electron chi connectivity index (χ2n) is 4.63. The van der Waals surface area contributed by atoms with E-state index in [4.69, 9.17) is 5.41 Å².